The van der Waals surface area contributed by atoms with Crippen LogP contribution in [-0.4, -0.2) is 52.3 Å². The average Bonchev–Trinajstić information content (AvgIpc) is 3.03. The van der Waals surface area contributed by atoms with Crippen molar-refractivity contribution >= 4 is 11.8 Å². The predicted octanol–water partition coefficient (Wildman–Crippen LogP) is 3.86. The van der Waals surface area contributed by atoms with E-state index in [0.717, 1.165) is 24.0 Å². The number of rotatable bonds is 9. The van der Waals surface area contributed by atoms with Gasteiger partial charge in [-0.25, -0.2) is 0 Å². The van der Waals surface area contributed by atoms with E-state index in [1.807, 2.05) is 60.7 Å². The van der Waals surface area contributed by atoms with Gasteiger partial charge in [-0.15, -0.1) is 0 Å². The zero-order chi connectivity index (χ0) is 23.6. The highest BCUT2D eigenvalue weighted by molar-refractivity contribution is 5.85. The minimum absolute atomic E-state index is 0.000759. The van der Waals surface area contributed by atoms with Crippen LogP contribution >= 0.6 is 0 Å². The molecule has 176 valence electrons. The van der Waals surface area contributed by atoms with Crippen LogP contribution in [0.15, 0.2) is 85.2 Å². The lowest BCUT2D eigenvalue weighted by atomic mass is 10.1. The van der Waals surface area contributed by atoms with Crippen molar-refractivity contribution in [2.45, 2.75) is 38.5 Å². The topological polar surface area (TPSA) is 62.7 Å². The number of hydrogen-bond acceptors (Lipinski definition) is 4. The van der Waals surface area contributed by atoms with Crippen molar-refractivity contribution in [1.29, 1.82) is 0 Å². The van der Waals surface area contributed by atoms with Gasteiger partial charge < -0.3 is 14.5 Å². The highest BCUT2D eigenvalue weighted by Crippen LogP contribution is 2.16. The number of benzene rings is 2. The molecule has 1 aliphatic rings. The van der Waals surface area contributed by atoms with Crippen LogP contribution in [0.4, 0.5) is 0 Å². The summed E-state index contributed by atoms with van der Waals surface area (Å²) >= 11 is 0. The summed E-state index contributed by atoms with van der Waals surface area (Å²) in [6, 6.07) is 23.9. The van der Waals surface area contributed by atoms with Crippen molar-refractivity contribution in [3.63, 3.8) is 0 Å². The van der Waals surface area contributed by atoms with Crippen LogP contribution in [0.5, 0.6) is 0 Å². The van der Waals surface area contributed by atoms with Gasteiger partial charge in [0.25, 0.3) is 0 Å². The third kappa shape index (κ3) is 6.99. The van der Waals surface area contributed by atoms with Crippen LogP contribution in [0.1, 0.15) is 29.5 Å². The van der Waals surface area contributed by atoms with Gasteiger partial charge in [0, 0.05) is 38.4 Å². The van der Waals surface area contributed by atoms with Gasteiger partial charge in [-0.3, -0.25) is 14.6 Å². The molecule has 3 aromatic rings. The number of hydrogen-bond donors (Lipinski definition) is 0. The molecule has 2 aromatic carbocycles. The fourth-order valence-corrected chi connectivity index (χ4v) is 4.17. The maximum Gasteiger partial charge on any atom is 0.242 e. The van der Waals surface area contributed by atoms with E-state index in [1.165, 1.54) is 5.56 Å². The van der Waals surface area contributed by atoms with Gasteiger partial charge in [0.15, 0.2) is 0 Å². The van der Waals surface area contributed by atoms with E-state index in [4.69, 9.17) is 4.74 Å². The van der Waals surface area contributed by atoms with Crippen LogP contribution in [0.2, 0.25) is 0 Å². The van der Waals surface area contributed by atoms with Gasteiger partial charge >= 0.3 is 0 Å². The molecule has 6 heteroatoms. The zero-order valence-electron chi connectivity index (χ0n) is 19.4. The first-order valence-electron chi connectivity index (χ1n) is 11.8. The molecule has 0 unspecified atom stereocenters. The maximum absolute atomic E-state index is 13.1. The first kappa shape index (κ1) is 23.6. The van der Waals surface area contributed by atoms with Crippen molar-refractivity contribution < 1.29 is 14.3 Å². The number of ether oxygens (including phenoxy) is 1. The molecule has 1 saturated heterocycles. The standard InChI is InChI=1S/C28H31N3O3/c32-27(15-7-13-23-9-3-1-4-10-23)31-20-26(34-22-24-11-5-2-6-12-24)19-30(28(33)21-31)18-25-14-8-16-29-17-25/h1-6,8-12,14,16-17,26H,7,13,15,18-22H2/t26-/m1/s1. The average molecular weight is 458 g/mol. The fraction of sp³-hybridized carbons (Fsp3) is 0.321. The summed E-state index contributed by atoms with van der Waals surface area (Å²) in [6.07, 6.45) is 5.23. The second kappa shape index (κ2) is 12.1. The third-order valence-corrected chi connectivity index (χ3v) is 6.00. The molecular weight excluding hydrogens is 426 g/mol. The largest absolute Gasteiger partial charge is 0.370 e. The fourth-order valence-electron chi connectivity index (χ4n) is 4.17. The second-order valence-corrected chi connectivity index (χ2v) is 8.67. The number of amides is 2. The predicted molar refractivity (Wildman–Crippen MR) is 131 cm³/mol. The van der Waals surface area contributed by atoms with Gasteiger partial charge in [0.2, 0.25) is 11.8 Å². The van der Waals surface area contributed by atoms with Gasteiger partial charge in [-0.1, -0.05) is 66.7 Å². The normalized spacial score (nSPS) is 16.4. The minimum atomic E-state index is -0.263. The summed E-state index contributed by atoms with van der Waals surface area (Å²) in [4.78, 5) is 33.8. The third-order valence-electron chi connectivity index (χ3n) is 6.00. The Kier molecular flexibility index (Phi) is 8.41. The van der Waals surface area contributed by atoms with E-state index in [0.29, 0.717) is 32.7 Å². The Hall–Kier alpha value is -3.51. The molecule has 1 atom stereocenters. The lowest BCUT2D eigenvalue weighted by molar-refractivity contribution is -0.139. The lowest BCUT2D eigenvalue weighted by Gasteiger charge is -2.25. The molecule has 4 rings (SSSR count). The SMILES string of the molecule is O=C(CCCc1ccccc1)N1CC(=O)N(Cc2cccnc2)C[C@@H](OCc2ccccc2)C1. The molecule has 0 saturated carbocycles. The summed E-state index contributed by atoms with van der Waals surface area (Å²) in [5, 5.41) is 0. The van der Waals surface area contributed by atoms with E-state index >= 15 is 0 Å². The molecule has 0 bridgehead atoms. The zero-order valence-corrected chi connectivity index (χ0v) is 19.4. The Balaban J connectivity index is 1.41. The van der Waals surface area contributed by atoms with Crippen LogP contribution in [0.25, 0.3) is 0 Å². The Bertz CT molecular complexity index is 1040. The van der Waals surface area contributed by atoms with Crippen molar-refractivity contribution in [2.24, 2.45) is 0 Å². The minimum Gasteiger partial charge on any atom is -0.370 e. The van der Waals surface area contributed by atoms with Crippen LogP contribution in [0, 0.1) is 0 Å². The lowest BCUT2D eigenvalue weighted by Crippen LogP contribution is -2.39. The van der Waals surface area contributed by atoms with Gasteiger partial charge in [0.05, 0.1) is 19.3 Å². The monoisotopic (exact) mass is 457 g/mol. The molecule has 1 fully saturated rings. The Morgan fingerprint density at radius 3 is 2.32 bits per heavy atom. The molecule has 6 nitrogen and oxygen atoms in total. The first-order chi connectivity index (χ1) is 16.7. The smallest absolute Gasteiger partial charge is 0.242 e. The number of aromatic nitrogens is 1. The van der Waals surface area contributed by atoms with Gasteiger partial charge in [-0.2, -0.15) is 0 Å². The maximum atomic E-state index is 13.1. The first-order valence-corrected chi connectivity index (χ1v) is 11.8. The van der Waals surface area contributed by atoms with Crippen LogP contribution in [-0.2, 0) is 33.9 Å². The van der Waals surface area contributed by atoms with Crippen molar-refractivity contribution in [1.82, 2.24) is 14.8 Å². The molecule has 34 heavy (non-hydrogen) atoms. The molecule has 1 aliphatic heterocycles. The molecule has 0 radical (unpaired) electrons. The number of carbonyl (C=O) groups excluding carboxylic acids is 2. The van der Waals surface area contributed by atoms with Crippen molar-refractivity contribution in [2.75, 3.05) is 19.6 Å². The molecule has 0 spiro atoms. The molecule has 1 aromatic heterocycles. The quantitative estimate of drug-likeness (QED) is 0.490. The Morgan fingerprint density at radius 2 is 1.62 bits per heavy atom. The summed E-state index contributed by atoms with van der Waals surface area (Å²) in [6.45, 7) is 1.82. The highest BCUT2D eigenvalue weighted by Gasteiger charge is 2.30. The summed E-state index contributed by atoms with van der Waals surface area (Å²) < 4.78 is 6.22. The van der Waals surface area contributed by atoms with Crippen LogP contribution < -0.4 is 0 Å². The number of aryl methyl sites for hydroxylation is 1. The molecular formula is C28H31N3O3. The Labute approximate surface area is 201 Å². The van der Waals surface area contributed by atoms with E-state index in [2.05, 4.69) is 17.1 Å². The summed E-state index contributed by atoms with van der Waals surface area (Å²) in [7, 11) is 0. The van der Waals surface area contributed by atoms with Crippen molar-refractivity contribution in [3.8, 4) is 0 Å². The number of pyridine rings is 1. The van der Waals surface area contributed by atoms with E-state index in [9.17, 15) is 9.59 Å². The molecule has 0 N–H and O–H groups in total. The Morgan fingerprint density at radius 1 is 0.912 bits per heavy atom. The van der Waals surface area contributed by atoms with Crippen LogP contribution in [0.3, 0.4) is 0 Å². The van der Waals surface area contributed by atoms with E-state index in [-0.39, 0.29) is 24.5 Å². The van der Waals surface area contributed by atoms with E-state index in [1.54, 1.807) is 22.2 Å². The molecule has 2 amide bonds. The van der Waals surface area contributed by atoms with E-state index < -0.39 is 0 Å². The van der Waals surface area contributed by atoms with Crippen molar-refractivity contribution in [3.05, 3.63) is 102 Å². The highest BCUT2D eigenvalue weighted by atomic mass is 16.5. The molecule has 2 heterocycles. The number of nitrogens with zero attached hydrogens (tertiary/aromatic N) is 3. The second-order valence-electron chi connectivity index (χ2n) is 8.67. The molecule has 0 aliphatic carbocycles. The summed E-state index contributed by atoms with van der Waals surface area (Å²) in [5.74, 6) is -0.0631. The number of carbonyl (C=O) groups is 2. The van der Waals surface area contributed by atoms with Gasteiger partial charge in [-0.05, 0) is 35.6 Å². The summed E-state index contributed by atoms with van der Waals surface area (Å²) in [5.41, 5.74) is 3.24. The van der Waals surface area contributed by atoms with Gasteiger partial charge in [0.1, 0.15) is 0 Å².